The van der Waals surface area contributed by atoms with Crippen LogP contribution in [0.15, 0.2) is 12.7 Å². The van der Waals surface area contributed by atoms with E-state index in [0.29, 0.717) is 12.6 Å². The number of hydrogen-bond donors (Lipinski definition) is 0. The summed E-state index contributed by atoms with van der Waals surface area (Å²) in [4.78, 5) is 13.2. The van der Waals surface area contributed by atoms with Gasteiger partial charge in [-0.15, -0.1) is 6.58 Å². The van der Waals surface area contributed by atoms with Crippen LogP contribution >= 0.6 is 0 Å². The Labute approximate surface area is 81.6 Å². The lowest BCUT2D eigenvalue weighted by molar-refractivity contribution is -0.118. The van der Waals surface area contributed by atoms with Gasteiger partial charge in [0, 0.05) is 12.6 Å². The molecule has 0 aromatic rings. The molecule has 2 nitrogen and oxygen atoms in total. The highest BCUT2D eigenvalue weighted by Gasteiger charge is 2.14. The van der Waals surface area contributed by atoms with Crippen LogP contribution in [0.4, 0.5) is 0 Å². The van der Waals surface area contributed by atoms with Gasteiger partial charge in [-0.25, -0.2) is 0 Å². The quantitative estimate of drug-likeness (QED) is 0.564. The Morgan fingerprint density at radius 1 is 1.46 bits per heavy atom. The third-order valence-corrected chi connectivity index (χ3v) is 2.25. The smallest absolute Gasteiger partial charge is 0.143 e. The molecule has 0 N–H and O–H groups in total. The molecule has 0 aliphatic carbocycles. The van der Waals surface area contributed by atoms with E-state index < -0.39 is 0 Å². The summed E-state index contributed by atoms with van der Waals surface area (Å²) in [5.74, 6) is 0.230. The topological polar surface area (TPSA) is 20.3 Å². The maximum absolute atomic E-state index is 11.0. The van der Waals surface area contributed by atoms with Crippen LogP contribution in [-0.2, 0) is 4.79 Å². The summed E-state index contributed by atoms with van der Waals surface area (Å²) in [6, 6.07) is 0.516. The Kier molecular flexibility index (Phi) is 6.51. The fourth-order valence-corrected chi connectivity index (χ4v) is 1.60. The second-order valence-corrected chi connectivity index (χ2v) is 3.39. The zero-order valence-electron chi connectivity index (χ0n) is 9.05. The number of carbonyl (C=O) groups excluding carboxylic acids is 1. The second-order valence-electron chi connectivity index (χ2n) is 3.39. The summed E-state index contributed by atoms with van der Waals surface area (Å²) < 4.78 is 0. The predicted octanol–water partition coefficient (Wildman–Crippen LogP) is 2.25. The van der Waals surface area contributed by atoms with E-state index >= 15 is 0 Å². The molecule has 0 aromatic carbocycles. The third kappa shape index (κ3) is 4.83. The minimum Gasteiger partial charge on any atom is -0.299 e. The molecule has 0 saturated carbocycles. The molecule has 0 atom stereocenters. The zero-order chi connectivity index (χ0) is 10.3. The number of nitrogens with zero attached hydrogens (tertiary/aromatic N) is 1. The monoisotopic (exact) mass is 183 g/mol. The number of carbonyl (C=O) groups is 1. The van der Waals surface area contributed by atoms with E-state index in [9.17, 15) is 4.79 Å². The Morgan fingerprint density at radius 3 is 2.31 bits per heavy atom. The summed E-state index contributed by atoms with van der Waals surface area (Å²) in [6.45, 7) is 11.0. The molecule has 76 valence electrons. The lowest BCUT2D eigenvalue weighted by atomic mass is 10.1. The van der Waals surface area contributed by atoms with Crippen LogP contribution in [0.3, 0.4) is 0 Å². The molecule has 0 spiro atoms. The van der Waals surface area contributed by atoms with Crippen LogP contribution in [-0.4, -0.2) is 29.8 Å². The summed E-state index contributed by atoms with van der Waals surface area (Å²) >= 11 is 0. The number of Topliss-reactive ketones (excluding diaryl/α,β-unsaturated/α-hetero) is 1. The van der Waals surface area contributed by atoms with Gasteiger partial charge in [0.1, 0.15) is 5.78 Å². The van der Waals surface area contributed by atoms with E-state index in [-0.39, 0.29) is 5.78 Å². The normalized spacial score (nSPS) is 10.8. The SMILES string of the molecule is C=CCN(CC(C)=O)C(CC)CC. The summed E-state index contributed by atoms with van der Waals surface area (Å²) in [6.07, 6.45) is 4.05. The number of hydrogen-bond acceptors (Lipinski definition) is 2. The van der Waals surface area contributed by atoms with Crippen LogP contribution in [0.25, 0.3) is 0 Å². The van der Waals surface area contributed by atoms with Gasteiger partial charge in [0.15, 0.2) is 0 Å². The van der Waals surface area contributed by atoms with E-state index in [2.05, 4.69) is 25.3 Å². The Bertz CT molecular complexity index is 161. The van der Waals surface area contributed by atoms with Crippen molar-refractivity contribution in [1.29, 1.82) is 0 Å². The van der Waals surface area contributed by atoms with Gasteiger partial charge in [-0.05, 0) is 19.8 Å². The van der Waals surface area contributed by atoms with Crippen molar-refractivity contribution >= 4 is 5.78 Å². The molecule has 0 unspecified atom stereocenters. The predicted molar refractivity (Wildman–Crippen MR) is 56.8 cm³/mol. The average Bonchev–Trinajstić information content (AvgIpc) is 2.05. The molecule has 13 heavy (non-hydrogen) atoms. The van der Waals surface area contributed by atoms with Gasteiger partial charge in [0.05, 0.1) is 6.54 Å². The van der Waals surface area contributed by atoms with Crippen molar-refractivity contribution in [2.24, 2.45) is 0 Å². The maximum Gasteiger partial charge on any atom is 0.143 e. The fourth-order valence-electron chi connectivity index (χ4n) is 1.60. The van der Waals surface area contributed by atoms with Gasteiger partial charge in [0.2, 0.25) is 0 Å². The number of ketones is 1. The first-order valence-electron chi connectivity index (χ1n) is 5.00. The molecule has 0 amide bonds. The zero-order valence-corrected chi connectivity index (χ0v) is 9.05. The molecular formula is C11H21NO. The van der Waals surface area contributed by atoms with Crippen molar-refractivity contribution in [3.8, 4) is 0 Å². The van der Waals surface area contributed by atoms with Crippen LogP contribution in [0, 0.1) is 0 Å². The van der Waals surface area contributed by atoms with Crippen molar-refractivity contribution in [1.82, 2.24) is 4.90 Å². The Balaban J connectivity index is 4.18. The highest BCUT2D eigenvalue weighted by molar-refractivity contribution is 5.77. The minimum absolute atomic E-state index is 0.230. The summed E-state index contributed by atoms with van der Waals surface area (Å²) in [7, 11) is 0. The van der Waals surface area contributed by atoms with E-state index in [1.165, 1.54) is 0 Å². The van der Waals surface area contributed by atoms with Crippen molar-refractivity contribution in [2.45, 2.75) is 39.7 Å². The molecule has 0 aliphatic heterocycles. The molecule has 0 aromatic heterocycles. The van der Waals surface area contributed by atoms with E-state index in [4.69, 9.17) is 0 Å². The molecule has 2 heteroatoms. The van der Waals surface area contributed by atoms with E-state index in [0.717, 1.165) is 19.4 Å². The molecule has 0 bridgehead atoms. The van der Waals surface area contributed by atoms with Gasteiger partial charge in [-0.3, -0.25) is 9.69 Å². The van der Waals surface area contributed by atoms with Gasteiger partial charge in [0.25, 0.3) is 0 Å². The minimum atomic E-state index is 0.230. The first-order valence-corrected chi connectivity index (χ1v) is 5.00. The van der Waals surface area contributed by atoms with Crippen molar-refractivity contribution in [2.75, 3.05) is 13.1 Å². The van der Waals surface area contributed by atoms with Crippen LogP contribution in [0.1, 0.15) is 33.6 Å². The van der Waals surface area contributed by atoms with Crippen LogP contribution in [0.5, 0.6) is 0 Å². The lowest BCUT2D eigenvalue weighted by Gasteiger charge is -2.28. The molecule has 0 heterocycles. The molecule has 0 rings (SSSR count). The molecule has 0 radical (unpaired) electrons. The molecule has 0 fully saturated rings. The maximum atomic E-state index is 11.0. The largest absolute Gasteiger partial charge is 0.299 e. The third-order valence-electron chi connectivity index (χ3n) is 2.25. The van der Waals surface area contributed by atoms with E-state index in [1.807, 2.05) is 6.08 Å². The highest BCUT2D eigenvalue weighted by Crippen LogP contribution is 2.07. The van der Waals surface area contributed by atoms with Crippen molar-refractivity contribution < 1.29 is 4.79 Å². The summed E-state index contributed by atoms with van der Waals surface area (Å²) in [5.41, 5.74) is 0. The Morgan fingerprint density at radius 2 is 2.00 bits per heavy atom. The van der Waals surface area contributed by atoms with Crippen molar-refractivity contribution in [3.63, 3.8) is 0 Å². The standard InChI is InChI=1S/C11H21NO/c1-5-8-12(9-10(4)13)11(6-2)7-3/h5,11H,1,6-9H2,2-4H3. The van der Waals surface area contributed by atoms with Gasteiger partial charge >= 0.3 is 0 Å². The van der Waals surface area contributed by atoms with Crippen LogP contribution < -0.4 is 0 Å². The second kappa shape index (κ2) is 6.84. The first-order chi connectivity index (χ1) is 6.15. The molecule has 0 saturated heterocycles. The lowest BCUT2D eigenvalue weighted by Crippen LogP contribution is -2.37. The van der Waals surface area contributed by atoms with Crippen LogP contribution in [0.2, 0.25) is 0 Å². The first kappa shape index (κ1) is 12.4. The molecular weight excluding hydrogens is 162 g/mol. The van der Waals surface area contributed by atoms with Gasteiger partial charge in [-0.2, -0.15) is 0 Å². The Hall–Kier alpha value is -0.630. The van der Waals surface area contributed by atoms with Gasteiger partial charge in [-0.1, -0.05) is 19.9 Å². The highest BCUT2D eigenvalue weighted by atomic mass is 16.1. The van der Waals surface area contributed by atoms with E-state index in [1.54, 1.807) is 6.92 Å². The van der Waals surface area contributed by atoms with Crippen molar-refractivity contribution in [3.05, 3.63) is 12.7 Å². The molecule has 0 aliphatic rings. The summed E-state index contributed by atoms with van der Waals surface area (Å²) in [5, 5.41) is 0. The fraction of sp³-hybridized carbons (Fsp3) is 0.727. The number of rotatable bonds is 7. The van der Waals surface area contributed by atoms with Gasteiger partial charge < -0.3 is 0 Å². The average molecular weight is 183 g/mol.